The predicted molar refractivity (Wildman–Crippen MR) is 114 cm³/mol. The Hall–Kier alpha value is -2.82. The van der Waals surface area contributed by atoms with Crippen LogP contribution < -0.4 is 10.1 Å². The van der Waals surface area contributed by atoms with Gasteiger partial charge in [0.2, 0.25) is 5.91 Å². The molecule has 29 heavy (non-hydrogen) atoms. The quantitative estimate of drug-likeness (QED) is 0.703. The average Bonchev–Trinajstić information content (AvgIpc) is 3.04. The summed E-state index contributed by atoms with van der Waals surface area (Å²) in [5.41, 5.74) is 2.84. The molecule has 0 aromatic heterocycles. The van der Waals surface area contributed by atoms with Gasteiger partial charge in [0.25, 0.3) is 5.91 Å². The molecule has 0 bridgehead atoms. The first-order valence-corrected chi connectivity index (χ1v) is 10.4. The molecule has 0 saturated carbocycles. The van der Waals surface area contributed by atoms with Gasteiger partial charge in [-0.25, -0.2) is 0 Å². The second-order valence-corrected chi connectivity index (χ2v) is 7.85. The van der Waals surface area contributed by atoms with E-state index in [-0.39, 0.29) is 11.8 Å². The highest BCUT2D eigenvalue weighted by molar-refractivity contribution is 6.01. The van der Waals surface area contributed by atoms with Crippen molar-refractivity contribution in [3.8, 4) is 5.75 Å². The molecule has 5 heteroatoms. The number of hydrogen-bond acceptors (Lipinski definition) is 3. The molecule has 0 spiro atoms. The third-order valence-electron chi connectivity index (χ3n) is 5.17. The average molecular weight is 395 g/mol. The summed E-state index contributed by atoms with van der Waals surface area (Å²) in [6.45, 7) is 7.79. The van der Waals surface area contributed by atoms with E-state index in [4.69, 9.17) is 4.74 Å². The number of benzene rings is 2. The zero-order chi connectivity index (χ0) is 20.8. The Morgan fingerprint density at radius 1 is 1.14 bits per heavy atom. The van der Waals surface area contributed by atoms with E-state index in [1.165, 1.54) is 0 Å². The van der Waals surface area contributed by atoms with Crippen LogP contribution in [-0.4, -0.2) is 35.9 Å². The maximum absolute atomic E-state index is 13.0. The lowest BCUT2D eigenvalue weighted by Crippen LogP contribution is -2.48. The minimum Gasteiger partial charge on any atom is -0.494 e. The van der Waals surface area contributed by atoms with Crippen molar-refractivity contribution in [2.45, 2.75) is 46.2 Å². The van der Waals surface area contributed by atoms with Crippen LogP contribution >= 0.6 is 0 Å². The van der Waals surface area contributed by atoms with Crippen LogP contribution in [0.5, 0.6) is 5.75 Å². The number of fused-ring (bicyclic) bond motifs is 1. The molecule has 0 saturated heterocycles. The van der Waals surface area contributed by atoms with E-state index in [9.17, 15) is 9.59 Å². The van der Waals surface area contributed by atoms with Crippen LogP contribution in [0.4, 0.5) is 0 Å². The number of carbonyl (C=O) groups is 2. The molecule has 0 unspecified atom stereocenters. The normalized spacial score (nSPS) is 14.1. The summed E-state index contributed by atoms with van der Waals surface area (Å²) in [5, 5.41) is 3.04. The van der Waals surface area contributed by atoms with E-state index in [1.54, 1.807) is 4.90 Å². The first kappa shape index (κ1) is 20.9. The number of nitrogens with zero attached hydrogens (tertiary/aromatic N) is 1. The predicted octanol–water partition coefficient (Wildman–Crippen LogP) is 3.81. The Morgan fingerprint density at radius 3 is 2.52 bits per heavy atom. The number of rotatable bonds is 9. The summed E-state index contributed by atoms with van der Waals surface area (Å²) in [7, 11) is 0. The Morgan fingerprint density at radius 2 is 1.86 bits per heavy atom. The SMILES string of the molecule is CCOc1ccc(CCNC(=O)[C@H](CC(C)C)N2Cc3ccccc3C2=O)cc1. The maximum atomic E-state index is 13.0. The van der Waals surface area contributed by atoms with E-state index in [0.29, 0.717) is 37.6 Å². The molecule has 1 atom stereocenters. The molecule has 0 radical (unpaired) electrons. The van der Waals surface area contributed by atoms with Gasteiger partial charge in [-0.2, -0.15) is 0 Å². The van der Waals surface area contributed by atoms with Gasteiger partial charge in [0.15, 0.2) is 0 Å². The fourth-order valence-corrected chi connectivity index (χ4v) is 3.72. The monoisotopic (exact) mass is 394 g/mol. The highest BCUT2D eigenvalue weighted by atomic mass is 16.5. The second-order valence-electron chi connectivity index (χ2n) is 7.85. The topological polar surface area (TPSA) is 58.6 Å². The fourth-order valence-electron chi connectivity index (χ4n) is 3.72. The van der Waals surface area contributed by atoms with E-state index in [0.717, 1.165) is 23.3 Å². The third-order valence-corrected chi connectivity index (χ3v) is 5.17. The second kappa shape index (κ2) is 9.59. The third kappa shape index (κ3) is 5.17. The van der Waals surface area contributed by atoms with Crippen molar-refractivity contribution in [3.05, 3.63) is 65.2 Å². The number of amides is 2. The van der Waals surface area contributed by atoms with Gasteiger partial charge in [-0.05, 0) is 55.0 Å². The van der Waals surface area contributed by atoms with E-state index >= 15 is 0 Å². The summed E-state index contributed by atoms with van der Waals surface area (Å²) in [5.74, 6) is 1.04. The van der Waals surface area contributed by atoms with Gasteiger partial charge in [-0.1, -0.05) is 44.2 Å². The molecule has 1 N–H and O–H groups in total. The molecule has 1 aliphatic heterocycles. The molecular formula is C24H30N2O3. The maximum Gasteiger partial charge on any atom is 0.255 e. The first-order chi connectivity index (χ1) is 14.0. The zero-order valence-electron chi connectivity index (χ0n) is 17.5. The van der Waals surface area contributed by atoms with Gasteiger partial charge >= 0.3 is 0 Å². The standard InChI is InChI=1S/C24H30N2O3/c1-4-29-20-11-9-18(10-12-20)13-14-25-23(27)22(15-17(2)3)26-16-19-7-5-6-8-21(19)24(26)28/h5-12,17,22H,4,13-16H2,1-3H3,(H,25,27)/t22-/m0/s1. The number of carbonyl (C=O) groups excluding carboxylic acids is 2. The highest BCUT2D eigenvalue weighted by Crippen LogP contribution is 2.26. The Labute approximate surface area is 173 Å². The summed E-state index contributed by atoms with van der Waals surface area (Å²) >= 11 is 0. The molecule has 1 aliphatic rings. The van der Waals surface area contributed by atoms with Gasteiger partial charge in [-0.3, -0.25) is 9.59 Å². The molecule has 2 aromatic rings. The molecule has 2 amide bonds. The Balaban J connectivity index is 1.60. The molecule has 0 aliphatic carbocycles. The van der Waals surface area contributed by atoms with E-state index in [2.05, 4.69) is 19.2 Å². The Bertz CT molecular complexity index is 845. The van der Waals surface area contributed by atoms with E-state index in [1.807, 2.05) is 55.5 Å². The zero-order valence-corrected chi connectivity index (χ0v) is 17.5. The van der Waals surface area contributed by atoms with Crippen LogP contribution in [0.2, 0.25) is 0 Å². The number of ether oxygens (including phenoxy) is 1. The van der Waals surface area contributed by atoms with Crippen LogP contribution in [0.25, 0.3) is 0 Å². The van der Waals surface area contributed by atoms with Crippen molar-refractivity contribution in [2.24, 2.45) is 5.92 Å². The van der Waals surface area contributed by atoms with Crippen molar-refractivity contribution >= 4 is 11.8 Å². The van der Waals surface area contributed by atoms with Gasteiger partial charge in [-0.15, -0.1) is 0 Å². The van der Waals surface area contributed by atoms with Crippen molar-refractivity contribution < 1.29 is 14.3 Å². The van der Waals surface area contributed by atoms with Crippen LogP contribution in [0.1, 0.15) is 48.7 Å². The summed E-state index contributed by atoms with van der Waals surface area (Å²) in [6.07, 6.45) is 1.38. The van der Waals surface area contributed by atoms with Crippen molar-refractivity contribution in [1.29, 1.82) is 0 Å². The lowest BCUT2D eigenvalue weighted by atomic mass is 10.0. The lowest BCUT2D eigenvalue weighted by molar-refractivity contribution is -0.126. The van der Waals surface area contributed by atoms with Crippen LogP contribution in [0.3, 0.4) is 0 Å². The largest absolute Gasteiger partial charge is 0.494 e. The molecule has 5 nitrogen and oxygen atoms in total. The van der Waals surface area contributed by atoms with Gasteiger partial charge in [0.05, 0.1) is 6.61 Å². The van der Waals surface area contributed by atoms with Crippen molar-refractivity contribution in [3.63, 3.8) is 0 Å². The molecular weight excluding hydrogens is 364 g/mol. The molecule has 0 fully saturated rings. The minimum absolute atomic E-state index is 0.0482. The van der Waals surface area contributed by atoms with Crippen molar-refractivity contribution in [1.82, 2.24) is 10.2 Å². The lowest BCUT2D eigenvalue weighted by Gasteiger charge is -2.28. The summed E-state index contributed by atoms with van der Waals surface area (Å²) in [6, 6.07) is 15.1. The first-order valence-electron chi connectivity index (χ1n) is 10.4. The molecule has 2 aromatic carbocycles. The smallest absolute Gasteiger partial charge is 0.255 e. The molecule has 3 rings (SSSR count). The van der Waals surface area contributed by atoms with E-state index < -0.39 is 6.04 Å². The van der Waals surface area contributed by atoms with Gasteiger partial charge in [0, 0.05) is 18.7 Å². The summed E-state index contributed by atoms with van der Waals surface area (Å²) in [4.78, 5) is 27.5. The number of nitrogens with one attached hydrogen (secondary N) is 1. The number of hydrogen-bond donors (Lipinski definition) is 1. The minimum atomic E-state index is -0.449. The fraction of sp³-hybridized carbons (Fsp3) is 0.417. The van der Waals surface area contributed by atoms with Gasteiger partial charge < -0.3 is 15.0 Å². The molecule has 1 heterocycles. The van der Waals surface area contributed by atoms with Crippen LogP contribution in [-0.2, 0) is 17.8 Å². The van der Waals surface area contributed by atoms with Crippen molar-refractivity contribution in [2.75, 3.05) is 13.2 Å². The van der Waals surface area contributed by atoms with Crippen LogP contribution in [0, 0.1) is 5.92 Å². The molecule has 154 valence electrons. The Kier molecular flexibility index (Phi) is 6.91. The summed E-state index contributed by atoms with van der Waals surface area (Å²) < 4.78 is 5.46. The highest BCUT2D eigenvalue weighted by Gasteiger charge is 2.36. The van der Waals surface area contributed by atoms with Gasteiger partial charge in [0.1, 0.15) is 11.8 Å². The van der Waals surface area contributed by atoms with Crippen LogP contribution in [0.15, 0.2) is 48.5 Å².